The maximum absolute atomic E-state index is 13.2. The maximum Gasteiger partial charge on any atom is 0.410 e. The molecule has 0 saturated heterocycles. The van der Waals surface area contributed by atoms with E-state index in [2.05, 4.69) is 5.32 Å². The van der Waals surface area contributed by atoms with Gasteiger partial charge in [0.2, 0.25) is 0 Å². The van der Waals surface area contributed by atoms with E-state index in [0.29, 0.717) is 0 Å². The molecule has 0 radical (unpaired) electrons. The third-order valence-electron chi connectivity index (χ3n) is 3.17. The molecule has 18 heavy (non-hydrogen) atoms. The second-order valence-corrected chi connectivity index (χ2v) is 4.60. The molecule has 102 valence electrons. The largest absolute Gasteiger partial charge is 0.410 e. The van der Waals surface area contributed by atoms with Crippen LogP contribution in [-0.4, -0.2) is 12.7 Å². The summed E-state index contributed by atoms with van der Waals surface area (Å²) in [5.74, 6) is 0. The van der Waals surface area contributed by atoms with Crippen LogP contribution in [0.1, 0.15) is 38.3 Å². The zero-order chi connectivity index (χ0) is 13.8. The van der Waals surface area contributed by atoms with E-state index in [4.69, 9.17) is 0 Å². The Bertz CT molecular complexity index is 370. The monoisotopic (exact) mass is 259 g/mol. The minimum absolute atomic E-state index is 0.261. The number of aryl methyl sites for hydroxylation is 1. The molecule has 1 N–H and O–H groups in total. The summed E-state index contributed by atoms with van der Waals surface area (Å²) in [6.45, 7) is 5.18. The molecule has 0 heterocycles. The van der Waals surface area contributed by atoms with Gasteiger partial charge in [-0.1, -0.05) is 44.5 Å². The van der Waals surface area contributed by atoms with Crippen LogP contribution in [0.15, 0.2) is 24.3 Å². The molecule has 0 aromatic heterocycles. The molecule has 1 rings (SSSR count). The topological polar surface area (TPSA) is 12.0 Å². The highest BCUT2D eigenvalue weighted by atomic mass is 19.4. The first kappa shape index (κ1) is 15.0. The summed E-state index contributed by atoms with van der Waals surface area (Å²) in [5, 5.41) is 2.54. The van der Waals surface area contributed by atoms with Gasteiger partial charge in [0, 0.05) is 0 Å². The lowest BCUT2D eigenvalue weighted by Crippen LogP contribution is -2.51. The van der Waals surface area contributed by atoms with E-state index in [1.807, 2.05) is 6.92 Å². The summed E-state index contributed by atoms with van der Waals surface area (Å²) >= 11 is 0. The molecule has 4 heteroatoms. The minimum Gasteiger partial charge on any atom is -0.300 e. The van der Waals surface area contributed by atoms with Crippen LogP contribution < -0.4 is 5.32 Å². The van der Waals surface area contributed by atoms with Gasteiger partial charge in [-0.25, -0.2) is 0 Å². The predicted molar refractivity (Wildman–Crippen MR) is 67.5 cm³/mol. The van der Waals surface area contributed by atoms with E-state index in [9.17, 15) is 13.2 Å². The van der Waals surface area contributed by atoms with E-state index in [-0.39, 0.29) is 12.1 Å². The number of benzene rings is 1. The van der Waals surface area contributed by atoms with Crippen LogP contribution >= 0.6 is 0 Å². The molecule has 1 aromatic rings. The van der Waals surface area contributed by atoms with Crippen molar-refractivity contribution >= 4 is 0 Å². The molecule has 0 fully saturated rings. The first-order chi connectivity index (χ1) is 8.35. The number of hydrogen-bond donors (Lipinski definition) is 1. The molecule has 0 amide bonds. The maximum atomic E-state index is 13.2. The predicted octanol–water partition coefficient (Wildman–Crippen LogP) is 4.03. The molecule has 1 aromatic carbocycles. The van der Waals surface area contributed by atoms with Crippen molar-refractivity contribution in [1.29, 1.82) is 0 Å². The number of hydrogen-bond acceptors (Lipinski definition) is 1. The molecule has 0 aliphatic rings. The summed E-state index contributed by atoms with van der Waals surface area (Å²) in [4.78, 5) is 0. The van der Waals surface area contributed by atoms with Crippen molar-refractivity contribution < 1.29 is 13.2 Å². The van der Waals surface area contributed by atoms with Gasteiger partial charge in [-0.05, 0) is 31.0 Å². The van der Waals surface area contributed by atoms with Gasteiger partial charge >= 0.3 is 6.18 Å². The summed E-state index contributed by atoms with van der Waals surface area (Å²) in [6.07, 6.45) is -2.43. The van der Waals surface area contributed by atoms with Gasteiger partial charge in [-0.2, -0.15) is 13.2 Å². The van der Waals surface area contributed by atoms with Gasteiger partial charge in [0.1, 0.15) is 5.54 Å². The average molecular weight is 259 g/mol. The fourth-order valence-corrected chi connectivity index (χ4v) is 2.01. The van der Waals surface area contributed by atoms with Gasteiger partial charge in [0.05, 0.1) is 0 Å². The standard InChI is InChI=1S/C14H20F3N/c1-4-6-11-7-9-12(10-8-11)13(3,18-5-2)14(15,16)17/h7-10,18H,4-6H2,1-3H3. The Balaban J connectivity index is 3.07. The van der Waals surface area contributed by atoms with Crippen molar-refractivity contribution in [2.45, 2.75) is 45.3 Å². The molecule has 1 nitrogen and oxygen atoms in total. The van der Waals surface area contributed by atoms with E-state index in [1.165, 1.54) is 6.92 Å². The fraction of sp³-hybridized carbons (Fsp3) is 0.571. The molecule has 0 spiro atoms. The molecular weight excluding hydrogens is 239 g/mol. The highest BCUT2D eigenvalue weighted by Gasteiger charge is 2.51. The van der Waals surface area contributed by atoms with Crippen LogP contribution in [0.4, 0.5) is 13.2 Å². The zero-order valence-corrected chi connectivity index (χ0v) is 11.1. The third kappa shape index (κ3) is 3.05. The Morgan fingerprint density at radius 3 is 2.00 bits per heavy atom. The number of rotatable bonds is 5. The lowest BCUT2D eigenvalue weighted by Gasteiger charge is -2.33. The molecule has 0 aliphatic heterocycles. The van der Waals surface area contributed by atoms with Crippen molar-refractivity contribution in [1.82, 2.24) is 5.32 Å². The number of alkyl halides is 3. The highest BCUT2D eigenvalue weighted by Crippen LogP contribution is 2.38. The average Bonchev–Trinajstić information content (AvgIpc) is 2.29. The van der Waals surface area contributed by atoms with E-state index in [0.717, 1.165) is 18.4 Å². The van der Waals surface area contributed by atoms with E-state index in [1.54, 1.807) is 31.2 Å². The first-order valence-corrected chi connectivity index (χ1v) is 6.26. The minimum atomic E-state index is -4.31. The number of halogens is 3. The molecular formula is C14H20F3N. The fourth-order valence-electron chi connectivity index (χ4n) is 2.01. The Hall–Kier alpha value is -1.03. The first-order valence-electron chi connectivity index (χ1n) is 6.26. The smallest absolute Gasteiger partial charge is 0.300 e. The van der Waals surface area contributed by atoms with Crippen molar-refractivity contribution in [3.8, 4) is 0 Å². The van der Waals surface area contributed by atoms with Crippen molar-refractivity contribution in [2.75, 3.05) is 6.54 Å². The molecule has 0 aliphatic carbocycles. The Kier molecular flexibility index (Phi) is 4.79. The van der Waals surface area contributed by atoms with E-state index < -0.39 is 11.7 Å². The molecule has 1 atom stereocenters. The Labute approximate surface area is 106 Å². The van der Waals surface area contributed by atoms with Crippen LogP contribution in [0.5, 0.6) is 0 Å². The lowest BCUT2D eigenvalue weighted by atomic mass is 9.90. The molecule has 0 saturated carbocycles. The normalized spacial score (nSPS) is 15.4. The van der Waals surface area contributed by atoms with Crippen molar-refractivity contribution in [3.63, 3.8) is 0 Å². The third-order valence-corrected chi connectivity index (χ3v) is 3.17. The van der Waals surface area contributed by atoms with Crippen LogP contribution in [0, 0.1) is 0 Å². The van der Waals surface area contributed by atoms with E-state index >= 15 is 0 Å². The van der Waals surface area contributed by atoms with Gasteiger partial charge in [0.25, 0.3) is 0 Å². The SMILES string of the molecule is CCCc1ccc(C(C)(NCC)C(F)(F)F)cc1. The number of nitrogens with one attached hydrogen (secondary N) is 1. The van der Waals surface area contributed by atoms with Crippen LogP contribution in [0.25, 0.3) is 0 Å². The molecule has 1 unspecified atom stereocenters. The van der Waals surface area contributed by atoms with Crippen molar-refractivity contribution in [2.24, 2.45) is 0 Å². The summed E-state index contributed by atoms with van der Waals surface area (Å²) in [7, 11) is 0. The Morgan fingerprint density at radius 2 is 1.61 bits per heavy atom. The van der Waals surface area contributed by atoms with Crippen LogP contribution in [0.3, 0.4) is 0 Å². The molecule has 0 bridgehead atoms. The zero-order valence-electron chi connectivity index (χ0n) is 11.1. The quantitative estimate of drug-likeness (QED) is 0.842. The second-order valence-electron chi connectivity index (χ2n) is 4.60. The second kappa shape index (κ2) is 5.74. The van der Waals surface area contributed by atoms with Gasteiger partial charge in [-0.15, -0.1) is 0 Å². The van der Waals surface area contributed by atoms with Crippen LogP contribution in [-0.2, 0) is 12.0 Å². The van der Waals surface area contributed by atoms with Gasteiger partial charge < -0.3 is 5.32 Å². The highest BCUT2D eigenvalue weighted by molar-refractivity contribution is 5.29. The van der Waals surface area contributed by atoms with Crippen LogP contribution in [0.2, 0.25) is 0 Å². The van der Waals surface area contributed by atoms with Crippen molar-refractivity contribution in [3.05, 3.63) is 35.4 Å². The van der Waals surface area contributed by atoms with Gasteiger partial charge in [0.15, 0.2) is 0 Å². The van der Waals surface area contributed by atoms with Gasteiger partial charge in [-0.3, -0.25) is 0 Å². The summed E-state index contributed by atoms with van der Waals surface area (Å²) < 4.78 is 39.5. The summed E-state index contributed by atoms with van der Waals surface area (Å²) in [6, 6.07) is 6.70. The Morgan fingerprint density at radius 1 is 1.06 bits per heavy atom. The summed E-state index contributed by atoms with van der Waals surface area (Å²) in [5.41, 5.74) is -0.647. The lowest BCUT2D eigenvalue weighted by molar-refractivity contribution is -0.195.